The van der Waals surface area contributed by atoms with Gasteiger partial charge in [0.15, 0.2) is 0 Å². The highest BCUT2D eigenvalue weighted by atomic mass is 79.9. The summed E-state index contributed by atoms with van der Waals surface area (Å²) in [5.41, 5.74) is 8.07. The summed E-state index contributed by atoms with van der Waals surface area (Å²) in [6, 6.07) is 7.15. The zero-order valence-electron chi connectivity index (χ0n) is 8.08. The second kappa shape index (κ2) is 5.07. The molecule has 0 aliphatic carbocycles. The molecule has 0 bridgehead atoms. The molecule has 16 heavy (non-hydrogen) atoms. The van der Waals surface area contributed by atoms with Gasteiger partial charge in [-0.3, -0.25) is 0 Å². The summed E-state index contributed by atoms with van der Waals surface area (Å²) in [6.07, 6.45) is 0. The third kappa shape index (κ3) is 2.60. The van der Waals surface area contributed by atoms with Gasteiger partial charge < -0.3 is 5.73 Å². The Balaban J connectivity index is 2.37. The molecule has 0 aliphatic rings. The van der Waals surface area contributed by atoms with E-state index in [1.165, 1.54) is 0 Å². The zero-order valence-corrected chi connectivity index (χ0v) is 12.0. The Bertz CT molecular complexity index is 512. The van der Waals surface area contributed by atoms with Crippen LogP contribution in [0, 0.1) is 0 Å². The van der Waals surface area contributed by atoms with Crippen molar-refractivity contribution in [3.63, 3.8) is 0 Å². The lowest BCUT2D eigenvalue weighted by Gasteiger charge is -2.12. The Kier molecular flexibility index (Phi) is 3.93. The minimum absolute atomic E-state index is 0.215. The second-order valence-corrected chi connectivity index (χ2v) is 6.46. The maximum Gasteiger partial charge on any atom is 0.0701 e. The van der Waals surface area contributed by atoms with Crippen LogP contribution >= 0.6 is 50.5 Å². The number of rotatable bonds is 2. The van der Waals surface area contributed by atoms with Gasteiger partial charge in [-0.25, -0.2) is 0 Å². The van der Waals surface area contributed by atoms with Crippen molar-refractivity contribution >= 4 is 50.5 Å². The highest BCUT2D eigenvalue weighted by molar-refractivity contribution is 9.11. The molecule has 0 saturated carbocycles. The molecule has 5 heteroatoms. The van der Waals surface area contributed by atoms with Gasteiger partial charge in [0.2, 0.25) is 0 Å². The summed E-state index contributed by atoms with van der Waals surface area (Å²) in [5, 5.41) is 3.23. The maximum atomic E-state index is 6.14. The summed E-state index contributed by atoms with van der Waals surface area (Å²) >= 11 is 17.0. The van der Waals surface area contributed by atoms with Crippen LogP contribution in [-0.2, 0) is 0 Å². The first-order chi connectivity index (χ1) is 7.58. The van der Waals surface area contributed by atoms with Crippen LogP contribution in [0.1, 0.15) is 17.2 Å². The molecule has 1 aromatic heterocycles. The van der Waals surface area contributed by atoms with Crippen LogP contribution < -0.4 is 5.73 Å². The molecule has 2 rings (SSSR count). The van der Waals surface area contributed by atoms with Crippen molar-refractivity contribution in [3.8, 4) is 0 Å². The summed E-state index contributed by atoms with van der Waals surface area (Å²) < 4.78 is 1.06. The van der Waals surface area contributed by atoms with Crippen LogP contribution in [0.5, 0.6) is 0 Å². The van der Waals surface area contributed by atoms with Crippen LogP contribution in [0.25, 0.3) is 0 Å². The van der Waals surface area contributed by atoms with Gasteiger partial charge in [0.05, 0.1) is 9.83 Å². The van der Waals surface area contributed by atoms with Crippen LogP contribution in [0.3, 0.4) is 0 Å². The molecule has 0 amide bonds. The van der Waals surface area contributed by atoms with Gasteiger partial charge >= 0.3 is 0 Å². The minimum atomic E-state index is -0.215. The van der Waals surface area contributed by atoms with Crippen LogP contribution in [0.15, 0.2) is 33.4 Å². The second-order valence-electron chi connectivity index (χ2n) is 3.33. The Labute approximate surface area is 116 Å². The van der Waals surface area contributed by atoms with E-state index in [0.717, 1.165) is 14.9 Å². The van der Waals surface area contributed by atoms with Gasteiger partial charge in [0, 0.05) is 10.0 Å². The number of benzene rings is 1. The highest BCUT2D eigenvalue weighted by Gasteiger charge is 2.14. The van der Waals surface area contributed by atoms with Crippen LogP contribution in [0.2, 0.25) is 10.0 Å². The highest BCUT2D eigenvalue weighted by Crippen LogP contribution is 2.32. The maximum absolute atomic E-state index is 6.14. The first-order valence-electron chi connectivity index (χ1n) is 4.52. The number of halogens is 3. The Morgan fingerprint density at radius 3 is 2.56 bits per heavy atom. The van der Waals surface area contributed by atoms with Crippen molar-refractivity contribution in [3.05, 3.63) is 54.6 Å². The predicted octanol–water partition coefficient (Wildman–Crippen LogP) is 4.87. The lowest BCUT2D eigenvalue weighted by Crippen LogP contribution is -2.11. The van der Waals surface area contributed by atoms with Crippen molar-refractivity contribution in [2.24, 2.45) is 5.73 Å². The molecular weight excluding hydrogens is 329 g/mol. The largest absolute Gasteiger partial charge is 0.320 e. The molecule has 0 spiro atoms. The zero-order chi connectivity index (χ0) is 11.7. The van der Waals surface area contributed by atoms with Crippen molar-refractivity contribution in [2.45, 2.75) is 6.04 Å². The average molecular weight is 337 g/mol. The number of hydrogen-bond donors (Lipinski definition) is 1. The molecule has 84 valence electrons. The molecule has 1 heterocycles. The third-order valence-corrected chi connectivity index (χ3v) is 4.33. The number of nitrogens with two attached hydrogens (primary N) is 1. The van der Waals surface area contributed by atoms with Gasteiger partial charge in [-0.1, -0.05) is 29.3 Å². The normalized spacial score (nSPS) is 12.8. The van der Waals surface area contributed by atoms with Crippen molar-refractivity contribution in [1.29, 1.82) is 0 Å². The van der Waals surface area contributed by atoms with E-state index in [1.54, 1.807) is 23.5 Å². The summed E-state index contributed by atoms with van der Waals surface area (Å²) in [6.45, 7) is 0. The molecule has 2 N–H and O–H groups in total. The lowest BCUT2D eigenvalue weighted by atomic mass is 10.0. The topological polar surface area (TPSA) is 26.0 Å². The van der Waals surface area contributed by atoms with Gasteiger partial charge in [-0.05, 0) is 50.6 Å². The smallest absolute Gasteiger partial charge is 0.0701 e. The molecule has 0 fully saturated rings. The average Bonchev–Trinajstić information content (AvgIpc) is 2.64. The quantitative estimate of drug-likeness (QED) is 0.832. The van der Waals surface area contributed by atoms with Gasteiger partial charge in [0.25, 0.3) is 0 Å². The van der Waals surface area contributed by atoms with E-state index in [0.29, 0.717) is 10.0 Å². The molecule has 0 aliphatic heterocycles. The van der Waals surface area contributed by atoms with Gasteiger partial charge in [-0.2, -0.15) is 0 Å². The lowest BCUT2D eigenvalue weighted by molar-refractivity contribution is 0.877. The minimum Gasteiger partial charge on any atom is -0.320 e. The van der Waals surface area contributed by atoms with Crippen molar-refractivity contribution in [1.82, 2.24) is 0 Å². The first kappa shape index (κ1) is 12.4. The summed E-state index contributed by atoms with van der Waals surface area (Å²) in [4.78, 5) is 0. The SMILES string of the molecule is NC(c1csc(Br)c1)c1ccc(Cl)cc1Cl. The standard InChI is InChI=1S/C11H8BrCl2NS/c12-10-3-6(5-16-10)11(15)8-2-1-7(13)4-9(8)14/h1-5,11H,15H2. The molecule has 1 aromatic carbocycles. The van der Waals surface area contributed by atoms with E-state index >= 15 is 0 Å². The van der Waals surface area contributed by atoms with E-state index in [-0.39, 0.29) is 6.04 Å². The third-order valence-electron chi connectivity index (χ3n) is 2.24. The molecule has 0 radical (unpaired) electrons. The van der Waals surface area contributed by atoms with Crippen molar-refractivity contribution in [2.75, 3.05) is 0 Å². The fourth-order valence-electron chi connectivity index (χ4n) is 1.42. The van der Waals surface area contributed by atoms with E-state index in [2.05, 4.69) is 15.9 Å². The number of hydrogen-bond acceptors (Lipinski definition) is 2. The molecule has 1 atom stereocenters. The molecule has 2 aromatic rings. The molecule has 1 unspecified atom stereocenters. The molecular formula is C11H8BrCl2NS. The van der Waals surface area contributed by atoms with E-state index in [4.69, 9.17) is 28.9 Å². The van der Waals surface area contributed by atoms with Gasteiger partial charge in [0.1, 0.15) is 0 Å². The Hall–Kier alpha value is -0.0600. The summed E-state index contributed by atoms with van der Waals surface area (Å²) in [7, 11) is 0. The van der Waals surface area contributed by atoms with Crippen molar-refractivity contribution < 1.29 is 0 Å². The first-order valence-corrected chi connectivity index (χ1v) is 6.95. The van der Waals surface area contributed by atoms with E-state index in [9.17, 15) is 0 Å². The monoisotopic (exact) mass is 335 g/mol. The Morgan fingerprint density at radius 1 is 1.25 bits per heavy atom. The molecule has 1 nitrogen and oxygen atoms in total. The fraction of sp³-hybridized carbons (Fsp3) is 0.0909. The van der Waals surface area contributed by atoms with Crippen LogP contribution in [-0.4, -0.2) is 0 Å². The molecule has 0 saturated heterocycles. The van der Waals surface area contributed by atoms with E-state index in [1.807, 2.05) is 17.5 Å². The van der Waals surface area contributed by atoms with E-state index < -0.39 is 0 Å². The Morgan fingerprint density at radius 2 is 2.00 bits per heavy atom. The predicted molar refractivity (Wildman–Crippen MR) is 74.5 cm³/mol. The summed E-state index contributed by atoms with van der Waals surface area (Å²) in [5.74, 6) is 0. The van der Waals surface area contributed by atoms with Crippen LogP contribution in [0.4, 0.5) is 0 Å². The fourth-order valence-corrected chi connectivity index (χ4v) is 3.16. The van der Waals surface area contributed by atoms with Gasteiger partial charge in [-0.15, -0.1) is 11.3 Å². The number of thiophene rings is 1.